The van der Waals surface area contributed by atoms with E-state index in [4.69, 9.17) is 21.1 Å². The molecule has 2 aromatic carbocycles. The number of cyclic esters (lactones) is 1. The van der Waals surface area contributed by atoms with Crippen molar-refractivity contribution in [3.8, 4) is 5.75 Å². The molecule has 0 saturated carbocycles. The zero-order valence-corrected chi connectivity index (χ0v) is 16.0. The number of ether oxygens (including phenoxy) is 2. The number of carbonyl (C=O) groups is 2. The quantitative estimate of drug-likeness (QED) is 0.229. The van der Waals surface area contributed by atoms with Crippen molar-refractivity contribution in [2.24, 2.45) is 4.99 Å². The van der Waals surface area contributed by atoms with Crippen LogP contribution in [-0.2, 0) is 14.3 Å². The summed E-state index contributed by atoms with van der Waals surface area (Å²) in [4.78, 5) is 38.2. The first-order chi connectivity index (χ1) is 13.9. The van der Waals surface area contributed by atoms with Gasteiger partial charge in [0.05, 0.1) is 15.5 Å². The number of halogens is 1. The monoisotopic (exact) mass is 414 g/mol. The Balaban J connectivity index is 1.86. The second-order valence-corrected chi connectivity index (χ2v) is 6.46. The molecule has 0 spiro atoms. The molecule has 0 saturated heterocycles. The average molecular weight is 415 g/mol. The van der Waals surface area contributed by atoms with Gasteiger partial charge >= 0.3 is 11.9 Å². The van der Waals surface area contributed by atoms with Gasteiger partial charge in [0.25, 0.3) is 5.69 Å². The number of nitro benzene ring substituents is 1. The van der Waals surface area contributed by atoms with Gasteiger partial charge in [-0.3, -0.25) is 14.9 Å². The van der Waals surface area contributed by atoms with E-state index in [9.17, 15) is 19.7 Å². The highest BCUT2D eigenvalue weighted by Crippen LogP contribution is 2.27. The van der Waals surface area contributed by atoms with E-state index < -0.39 is 10.9 Å². The molecular formula is C20H15ClN2O6. The molecule has 1 heterocycles. The van der Waals surface area contributed by atoms with Crippen molar-refractivity contribution in [1.82, 2.24) is 0 Å². The predicted molar refractivity (Wildman–Crippen MR) is 106 cm³/mol. The molecule has 29 heavy (non-hydrogen) atoms. The summed E-state index contributed by atoms with van der Waals surface area (Å²) in [5.41, 5.74) is 0.676. The molecule has 9 heteroatoms. The minimum absolute atomic E-state index is 0.0199. The summed E-state index contributed by atoms with van der Waals surface area (Å²) < 4.78 is 10.4. The molecule has 0 atom stereocenters. The molecule has 0 amide bonds. The Hall–Kier alpha value is -3.52. The van der Waals surface area contributed by atoms with Gasteiger partial charge in [-0.15, -0.1) is 0 Å². The molecule has 0 unspecified atom stereocenters. The third kappa shape index (κ3) is 4.85. The number of aliphatic imine (C=N–C) groups is 1. The fourth-order valence-corrected chi connectivity index (χ4v) is 2.78. The molecule has 2 aromatic rings. The molecule has 0 radical (unpaired) electrons. The van der Waals surface area contributed by atoms with Crippen molar-refractivity contribution in [3.63, 3.8) is 0 Å². The number of esters is 2. The van der Waals surface area contributed by atoms with Crippen molar-refractivity contribution >= 4 is 41.2 Å². The highest BCUT2D eigenvalue weighted by Gasteiger charge is 2.26. The summed E-state index contributed by atoms with van der Waals surface area (Å²) in [7, 11) is 0. The van der Waals surface area contributed by atoms with Crippen LogP contribution in [0.5, 0.6) is 5.75 Å². The Morgan fingerprint density at radius 2 is 2.10 bits per heavy atom. The van der Waals surface area contributed by atoms with E-state index in [1.54, 1.807) is 24.3 Å². The summed E-state index contributed by atoms with van der Waals surface area (Å²) >= 11 is 6.06. The first-order valence-electron chi connectivity index (χ1n) is 8.65. The largest absolute Gasteiger partial charge is 0.427 e. The SMILES string of the molecule is CCCC(=O)Oc1cccc(/C=C2\N=C(c3ccc([N+](=O)[O-])cc3Cl)OC2=O)c1. The molecule has 1 aliphatic rings. The minimum atomic E-state index is -0.692. The van der Waals surface area contributed by atoms with E-state index in [0.29, 0.717) is 24.2 Å². The van der Waals surface area contributed by atoms with E-state index in [1.165, 1.54) is 18.2 Å². The second kappa shape index (κ2) is 8.66. The van der Waals surface area contributed by atoms with Crippen molar-refractivity contribution in [2.45, 2.75) is 19.8 Å². The summed E-state index contributed by atoms with van der Waals surface area (Å²) in [6.07, 6.45) is 2.46. The van der Waals surface area contributed by atoms with E-state index in [-0.39, 0.29) is 33.8 Å². The first kappa shape index (κ1) is 20.2. The molecule has 8 nitrogen and oxygen atoms in total. The lowest BCUT2D eigenvalue weighted by Gasteiger charge is -2.04. The van der Waals surface area contributed by atoms with E-state index in [2.05, 4.69) is 4.99 Å². The van der Waals surface area contributed by atoms with Crippen LogP contribution in [0.3, 0.4) is 0 Å². The highest BCUT2D eigenvalue weighted by atomic mass is 35.5. The normalized spacial score (nSPS) is 14.5. The Labute approximate surface area is 170 Å². The van der Waals surface area contributed by atoms with Gasteiger partial charge in [-0.05, 0) is 36.3 Å². The molecule has 0 aromatic heterocycles. The number of nitrogens with zero attached hydrogens (tertiary/aromatic N) is 2. The van der Waals surface area contributed by atoms with Crippen LogP contribution in [0.15, 0.2) is 53.2 Å². The predicted octanol–water partition coefficient (Wildman–Crippen LogP) is 4.30. The van der Waals surface area contributed by atoms with Crippen LogP contribution in [0.1, 0.15) is 30.9 Å². The van der Waals surface area contributed by atoms with Gasteiger partial charge in [0.1, 0.15) is 5.75 Å². The molecule has 0 bridgehead atoms. The lowest BCUT2D eigenvalue weighted by atomic mass is 10.2. The standard InChI is InChI=1S/C20H15ClN2O6/c1-2-4-18(24)28-14-6-3-5-12(9-14)10-17-20(25)29-19(22-17)15-8-7-13(23(26)27)11-16(15)21/h3,5-11H,2,4H2,1H3/b17-10-. The number of hydrogen-bond donors (Lipinski definition) is 0. The summed E-state index contributed by atoms with van der Waals surface area (Å²) in [5, 5.41) is 10.9. The maximum atomic E-state index is 12.2. The Kier molecular flexibility index (Phi) is 6.04. The van der Waals surface area contributed by atoms with Crippen LogP contribution in [0, 0.1) is 10.1 Å². The molecule has 3 rings (SSSR count). The number of nitro groups is 1. The Morgan fingerprint density at radius 1 is 1.31 bits per heavy atom. The van der Waals surface area contributed by atoms with Gasteiger partial charge in [-0.2, -0.15) is 0 Å². The molecule has 0 N–H and O–H groups in total. The van der Waals surface area contributed by atoms with Crippen molar-refractivity contribution < 1.29 is 24.0 Å². The minimum Gasteiger partial charge on any atom is -0.427 e. The van der Waals surface area contributed by atoms with E-state index in [1.807, 2.05) is 6.92 Å². The summed E-state index contributed by atoms with van der Waals surface area (Å²) in [6.45, 7) is 1.88. The number of carbonyl (C=O) groups excluding carboxylic acids is 2. The zero-order chi connectivity index (χ0) is 21.0. The summed E-state index contributed by atoms with van der Waals surface area (Å²) in [6, 6.07) is 10.4. The van der Waals surface area contributed by atoms with Crippen molar-refractivity contribution in [2.75, 3.05) is 0 Å². The fraction of sp³-hybridized carbons (Fsp3) is 0.150. The lowest BCUT2D eigenvalue weighted by Crippen LogP contribution is -2.07. The Bertz CT molecular complexity index is 1060. The maximum Gasteiger partial charge on any atom is 0.363 e. The number of rotatable bonds is 6. The molecule has 1 aliphatic heterocycles. The molecule has 0 aliphatic carbocycles. The van der Waals surface area contributed by atoms with Crippen LogP contribution < -0.4 is 4.74 Å². The highest BCUT2D eigenvalue weighted by molar-refractivity contribution is 6.34. The fourth-order valence-electron chi connectivity index (χ4n) is 2.53. The van der Waals surface area contributed by atoms with Crippen LogP contribution in [0.4, 0.5) is 5.69 Å². The maximum absolute atomic E-state index is 12.2. The van der Waals surface area contributed by atoms with Crippen LogP contribution in [-0.4, -0.2) is 22.8 Å². The third-order valence-corrected chi connectivity index (χ3v) is 4.17. The Morgan fingerprint density at radius 3 is 2.79 bits per heavy atom. The van der Waals surface area contributed by atoms with Gasteiger partial charge in [-0.1, -0.05) is 30.7 Å². The topological polar surface area (TPSA) is 108 Å². The van der Waals surface area contributed by atoms with Crippen molar-refractivity contribution in [1.29, 1.82) is 0 Å². The second-order valence-electron chi connectivity index (χ2n) is 6.05. The van der Waals surface area contributed by atoms with Gasteiger partial charge in [0.2, 0.25) is 5.90 Å². The van der Waals surface area contributed by atoms with Crippen LogP contribution in [0.2, 0.25) is 5.02 Å². The molecule has 0 fully saturated rings. The van der Waals surface area contributed by atoms with E-state index >= 15 is 0 Å². The van der Waals surface area contributed by atoms with Gasteiger partial charge in [0.15, 0.2) is 5.70 Å². The molecule has 148 valence electrons. The first-order valence-corrected chi connectivity index (χ1v) is 9.03. The lowest BCUT2D eigenvalue weighted by molar-refractivity contribution is -0.384. The van der Waals surface area contributed by atoms with E-state index in [0.717, 1.165) is 6.07 Å². The van der Waals surface area contributed by atoms with Gasteiger partial charge in [0, 0.05) is 18.6 Å². The smallest absolute Gasteiger partial charge is 0.363 e. The number of hydrogen-bond acceptors (Lipinski definition) is 7. The van der Waals surface area contributed by atoms with Gasteiger partial charge in [-0.25, -0.2) is 9.79 Å². The number of benzene rings is 2. The average Bonchev–Trinajstić information content (AvgIpc) is 3.02. The van der Waals surface area contributed by atoms with Crippen molar-refractivity contribution in [3.05, 3.63) is 74.4 Å². The van der Waals surface area contributed by atoms with Crippen LogP contribution in [0.25, 0.3) is 6.08 Å². The number of non-ortho nitro benzene ring substituents is 1. The summed E-state index contributed by atoms with van der Waals surface area (Å²) in [5.74, 6) is -0.730. The molecular weight excluding hydrogens is 400 g/mol. The van der Waals surface area contributed by atoms with Crippen LogP contribution >= 0.6 is 11.6 Å². The van der Waals surface area contributed by atoms with Gasteiger partial charge < -0.3 is 9.47 Å². The zero-order valence-electron chi connectivity index (χ0n) is 15.3. The third-order valence-electron chi connectivity index (χ3n) is 3.86.